The SMILES string of the molecule is Brc1cccc(Br)c1-c1nc(-c2ccccc2)nc(-c2ccccc2)n1. The number of rotatable bonds is 3. The molecule has 0 aliphatic heterocycles. The van der Waals surface area contributed by atoms with E-state index in [2.05, 4.69) is 31.9 Å². The molecular formula is C21H13Br2N3. The van der Waals surface area contributed by atoms with Crippen LogP contribution in [0, 0.1) is 0 Å². The summed E-state index contributed by atoms with van der Waals surface area (Å²) in [5.41, 5.74) is 2.82. The normalized spacial score (nSPS) is 10.7. The molecule has 26 heavy (non-hydrogen) atoms. The molecule has 5 heteroatoms. The molecule has 0 bridgehead atoms. The number of nitrogens with zero attached hydrogens (tertiary/aromatic N) is 3. The van der Waals surface area contributed by atoms with Gasteiger partial charge >= 0.3 is 0 Å². The van der Waals surface area contributed by atoms with Gasteiger partial charge in [0, 0.05) is 25.6 Å². The first-order valence-corrected chi connectivity index (χ1v) is 9.62. The zero-order valence-corrected chi connectivity index (χ0v) is 16.8. The van der Waals surface area contributed by atoms with Crippen molar-refractivity contribution in [1.29, 1.82) is 0 Å². The lowest BCUT2D eigenvalue weighted by Gasteiger charge is -2.10. The van der Waals surface area contributed by atoms with Crippen molar-refractivity contribution in [2.75, 3.05) is 0 Å². The molecule has 0 spiro atoms. The molecule has 0 aliphatic carbocycles. The van der Waals surface area contributed by atoms with Crippen molar-refractivity contribution in [3.05, 3.63) is 87.8 Å². The van der Waals surface area contributed by atoms with Gasteiger partial charge in [-0.25, -0.2) is 15.0 Å². The van der Waals surface area contributed by atoms with Crippen LogP contribution in [0.1, 0.15) is 0 Å². The number of hydrogen-bond donors (Lipinski definition) is 0. The van der Waals surface area contributed by atoms with E-state index in [1.165, 1.54) is 0 Å². The zero-order chi connectivity index (χ0) is 17.9. The summed E-state index contributed by atoms with van der Waals surface area (Å²) in [5, 5.41) is 0. The summed E-state index contributed by atoms with van der Waals surface area (Å²) in [6.45, 7) is 0. The molecule has 0 N–H and O–H groups in total. The number of halogens is 2. The Morgan fingerprint density at radius 2 is 0.885 bits per heavy atom. The van der Waals surface area contributed by atoms with Gasteiger partial charge in [-0.3, -0.25) is 0 Å². The molecule has 0 saturated heterocycles. The standard InChI is InChI=1S/C21H13Br2N3/c22-16-12-7-13-17(23)18(16)21-25-19(14-8-3-1-4-9-14)24-20(26-21)15-10-5-2-6-11-15/h1-13H. The van der Waals surface area contributed by atoms with Gasteiger partial charge in [-0.05, 0) is 44.0 Å². The first-order valence-electron chi connectivity index (χ1n) is 8.03. The van der Waals surface area contributed by atoms with E-state index < -0.39 is 0 Å². The maximum absolute atomic E-state index is 4.74. The summed E-state index contributed by atoms with van der Waals surface area (Å²) in [7, 11) is 0. The fraction of sp³-hybridized carbons (Fsp3) is 0. The van der Waals surface area contributed by atoms with Crippen molar-refractivity contribution >= 4 is 31.9 Å². The van der Waals surface area contributed by atoms with Crippen LogP contribution in [0.4, 0.5) is 0 Å². The number of hydrogen-bond acceptors (Lipinski definition) is 3. The minimum atomic E-state index is 0.622. The second kappa shape index (κ2) is 7.48. The molecule has 3 nitrogen and oxygen atoms in total. The topological polar surface area (TPSA) is 38.7 Å². The molecule has 0 fully saturated rings. The molecule has 0 atom stereocenters. The van der Waals surface area contributed by atoms with Crippen LogP contribution in [-0.2, 0) is 0 Å². The zero-order valence-electron chi connectivity index (χ0n) is 13.6. The smallest absolute Gasteiger partial charge is 0.166 e. The fourth-order valence-corrected chi connectivity index (χ4v) is 3.98. The highest BCUT2D eigenvalue weighted by Crippen LogP contribution is 2.34. The molecule has 1 aromatic heterocycles. The molecule has 0 saturated carbocycles. The minimum absolute atomic E-state index is 0.622. The average molecular weight is 467 g/mol. The third-order valence-corrected chi connectivity index (χ3v) is 5.21. The van der Waals surface area contributed by atoms with Crippen molar-refractivity contribution in [1.82, 2.24) is 15.0 Å². The summed E-state index contributed by atoms with van der Waals surface area (Å²) in [5.74, 6) is 1.92. The molecule has 4 aromatic rings. The van der Waals surface area contributed by atoms with E-state index in [0.29, 0.717) is 17.5 Å². The van der Waals surface area contributed by atoms with E-state index in [-0.39, 0.29) is 0 Å². The number of aromatic nitrogens is 3. The Balaban J connectivity index is 1.97. The first-order chi connectivity index (χ1) is 12.7. The molecule has 0 radical (unpaired) electrons. The maximum Gasteiger partial charge on any atom is 0.166 e. The van der Waals surface area contributed by atoms with E-state index in [4.69, 9.17) is 15.0 Å². The summed E-state index contributed by atoms with van der Waals surface area (Å²) in [6, 6.07) is 25.8. The van der Waals surface area contributed by atoms with Crippen molar-refractivity contribution < 1.29 is 0 Å². The Kier molecular flexibility index (Phi) is 4.91. The molecule has 3 aromatic carbocycles. The Bertz CT molecular complexity index is 973. The van der Waals surface area contributed by atoms with Gasteiger partial charge in [0.05, 0.1) is 0 Å². The molecule has 1 heterocycles. The molecule has 4 rings (SSSR count). The van der Waals surface area contributed by atoms with E-state index in [9.17, 15) is 0 Å². The summed E-state index contributed by atoms with van der Waals surface area (Å²) < 4.78 is 1.85. The minimum Gasteiger partial charge on any atom is -0.208 e. The predicted octanol–water partition coefficient (Wildman–Crippen LogP) is 6.40. The molecule has 0 amide bonds. The third-order valence-electron chi connectivity index (χ3n) is 3.89. The first kappa shape index (κ1) is 17.1. The fourth-order valence-electron chi connectivity index (χ4n) is 2.63. The second-order valence-corrected chi connectivity index (χ2v) is 7.34. The highest BCUT2D eigenvalue weighted by Gasteiger charge is 2.15. The van der Waals surface area contributed by atoms with Gasteiger partial charge in [-0.1, -0.05) is 66.7 Å². The van der Waals surface area contributed by atoms with Crippen molar-refractivity contribution in [2.45, 2.75) is 0 Å². The van der Waals surface area contributed by atoms with E-state index in [0.717, 1.165) is 25.6 Å². The van der Waals surface area contributed by atoms with Crippen LogP contribution in [-0.4, -0.2) is 15.0 Å². The van der Waals surface area contributed by atoms with Crippen LogP contribution in [0.25, 0.3) is 34.2 Å². The Labute approximate surface area is 168 Å². The van der Waals surface area contributed by atoms with Gasteiger partial charge < -0.3 is 0 Å². The molecule has 126 valence electrons. The van der Waals surface area contributed by atoms with Crippen LogP contribution in [0.3, 0.4) is 0 Å². The van der Waals surface area contributed by atoms with Crippen LogP contribution >= 0.6 is 31.9 Å². The largest absolute Gasteiger partial charge is 0.208 e. The monoisotopic (exact) mass is 465 g/mol. The highest BCUT2D eigenvalue weighted by atomic mass is 79.9. The van der Waals surface area contributed by atoms with Crippen LogP contribution in [0.15, 0.2) is 87.8 Å². The van der Waals surface area contributed by atoms with Crippen molar-refractivity contribution in [3.8, 4) is 34.2 Å². The van der Waals surface area contributed by atoms with Crippen LogP contribution in [0.2, 0.25) is 0 Å². The average Bonchev–Trinajstić information content (AvgIpc) is 2.69. The quantitative estimate of drug-likeness (QED) is 0.350. The molecular weight excluding hydrogens is 454 g/mol. The van der Waals surface area contributed by atoms with Crippen molar-refractivity contribution in [2.24, 2.45) is 0 Å². The molecule has 0 unspecified atom stereocenters. The summed E-state index contributed by atoms with van der Waals surface area (Å²) in [4.78, 5) is 14.2. The van der Waals surface area contributed by atoms with Gasteiger partial charge in [-0.2, -0.15) is 0 Å². The highest BCUT2D eigenvalue weighted by molar-refractivity contribution is 9.11. The van der Waals surface area contributed by atoms with Gasteiger partial charge in [0.25, 0.3) is 0 Å². The lowest BCUT2D eigenvalue weighted by molar-refractivity contribution is 1.07. The molecule has 0 aliphatic rings. The van der Waals surface area contributed by atoms with Gasteiger partial charge in [0.2, 0.25) is 0 Å². The van der Waals surface area contributed by atoms with Gasteiger partial charge in [0.1, 0.15) is 0 Å². The number of benzene rings is 3. The van der Waals surface area contributed by atoms with Crippen LogP contribution < -0.4 is 0 Å². The lowest BCUT2D eigenvalue weighted by atomic mass is 10.1. The van der Waals surface area contributed by atoms with E-state index in [1.807, 2.05) is 78.9 Å². The van der Waals surface area contributed by atoms with E-state index in [1.54, 1.807) is 0 Å². The Hall–Kier alpha value is -2.37. The predicted molar refractivity (Wildman–Crippen MR) is 112 cm³/mol. The van der Waals surface area contributed by atoms with Crippen LogP contribution in [0.5, 0.6) is 0 Å². The van der Waals surface area contributed by atoms with Gasteiger partial charge in [-0.15, -0.1) is 0 Å². The van der Waals surface area contributed by atoms with E-state index >= 15 is 0 Å². The van der Waals surface area contributed by atoms with Gasteiger partial charge in [0.15, 0.2) is 17.5 Å². The lowest BCUT2D eigenvalue weighted by Crippen LogP contribution is -2.00. The second-order valence-electron chi connectivity index (χ2n) is 5.63. The third kappa shape index (κ3) is 3.45. The Morgan fingerprint density at radius 1 is 0.462 bits per heavy atom. The summed E-state index contributed by atoms with van der Waals surface area (Å²) >= 11 is 7.23. The Morgan fingerprint density at radius 3 is 1.35 bits per heavy atom. The van der Waals surface area contributed by atoms with Crippen molar-refractivity contribution in [3.63, 3.8) is 0 Å². The summed E-state index contributed by atoms with van der Waals surface area (Å²) in [6.07, 6.45) is 0. The maximum atomic E-state index is 4.74.